The maximum absolute atomic E-state index is 12.2. The average molecular weight is 304 g/mol. The molecule has 0 bridgehead atoms. The Hall–Kier alpha value is -1.65. The number of carbonyl (C=O) groups is 1. The van der Waals surface area contributed by atoms with E-state index < -0.39 is 0 Å². The van der Waals surface area contributed by atoms with Gasteiger partial charge in [0.25, 0.3) is 0 Å². The first kappa shape index (κ1) is 16.7. The third-order valence-electron chi connectivity index (χ3n) is 3.72. The van der Waals surface area contributed by atoms with Crippen LogP contribution in [0.25, 0.3) is 0 Å². The molecule has 1 atom stereocenters. The van der Waals surface area contributed by atoms with E-state index in [0.29, 0.717) is 6.42 Å². The highest BCUT2D eigenvalue weighted by Gasteiger charge is 2.32. The summed E-state index contributed by atoms with van der Waals surface area (Å²) in [4.78, 5) is 23.0. The number of rotatable bonds is 5. The smallest absolute Gasteiger partial charge is 0.224 e. The van der Waals surface area contributed by atoms with Gasteiger partial charge in [-0.05, 0) is 18.8 Å². The Kier molecular flexibility index (Phi) is 5.04. The molecule has 22 heavy (non-hydrogen) atoms. The van der Waals surface area contributed by atoms with Gasteiger partial charge >= 0.3 is 0 Å². The van der Waals surface area contributed by atoms with Gasteiger partial charge in [-0.15, -0.1) is 0 Å². The van der Waals surface area contributed by atoms with Crippen molar-refractivity contribution in [3.8, 4) is 0 Å². The van der Waals surface area contributed by atoms with Gasteiger partial charge < -0.3 is 10.2 Å². The molecule has 2 rings (SSSR count). The van der Waals surface area contributed by atoms with Crippen molar-refractivity contribution in [3.05, 3.63) is 17.6 Å². The number of likely N-dealkylation sites (tertiary alicyclic amines) is 1. The monoisotopic (exact) mass is 304 g/mol. The van der Waals surface area contributed by atoms with Crippen LogP contribution >= 0.6 is 0 Å². The topological polar surface area (TPSA) is 58.1 Å². The first-order chi connectivity index (χ1) is 10.3. The van der Waals surface area contributed by atoms with Crippen molar-refractivity contribution < 1.29 is 4.79 Å². The summed E-state index contributed by atoms with van der Waals surface area (Å²) in [7, 11) is 0. The van der Waals surface area contributed by atoms with E-state index in [-0.39, 0.29) is 17.4 Å². The minimum absolute atomic E-state index is 0.128. The van der Waals surface area contributed by atoms with E-state index in [0.717, 1.165) is 43.1 Å². The van der Waals surface area contributed by atoms with Crippen LogP contribution in [0.2, 0.25) is 0 Å². The lowest BCUT2D eigenvalue weighted by molar-refractivity contribution is -0.128. The summed E-state index contributed by atoms with van der Waals surface area (Å²) in [6.45, 7) is 12.1. The molecule has 0 saturated carbocycles. The number of anilines is 1. The fourth-order valence-corrected chi connectivity index (χ4v) is 2.86. The Morgan fingerprint density at radius 2 is 2.14 bits per heavy atom. The molecule has 1 fully saturated rings. The van der Waals surface area contributed by atoms with Crippen LogP contribution in [0, 0.1) is 12.3 Å². The fourth-order valence-electron chi connectivity index (χ4n) is 2.86. The van der Waals surface area contributed by atoms with Gasteiger partial charge in [-0.2, -0.15) is 0 Å². The van der Waals surface area contributed by atoms with Gasteiger partial charge in [-0.25, -0.2) is 9.97 Å². The minimum atomic E-state index is 0.128. The van der Waals surface area contributed by atoms with E-state index in [4.69, 9.17) is 0 Å². The quantitative estimate of drug-likeness (QED) is 0.909. The van der Waals surface area contributed by atoms with Crippen LogP contribution in [0.1, 0.15) is 51.9 Å². The van der Waals surface area contributed by atoms with Crippen molar-refractivity contribution in [2.24, 2.45) is 5.41 Å². The van der Waals surface area contributed by atoms with Crippen molar-refractivity contribution in [2.45, 2.75) is 59.9 Å². The molecule has 0 aromatic carbocycles. The highest BCUT2D eigenvalue weighted by atomic mass is 16.2. The zero-order chi connectivity index (χ0) is 16.3. The van der Waals surface area contributed by atoms with Crippen molar-refractivity contribution in [1.29, 1.82) is 0 Å². The van der Waals surface area contributed by atoms with Crippen LogP contribution in [0.3, 0.4) is 0 Å². The van der Waals surface area contributed by atoms with Crippen molar-refractivity contribution in [3.63, 3.8) is 0 Å². The molecule has 122 valence electrons. The van der Waals surface area contributed by atoms with E-state index in [1.165, 1.54) is 0 Å². The summed E-state index contributed by atoms with van der Waals surface area (Å²) >= 11 is 0. The van der Waals surface area contributed by atoms with Crippen molar-refractivity contribution >= 4 is 11.7 Å². The average Bonchev–Trinajstić information content (AvgIpc) is 2.71. The molecule has 1 amide bonds. The Morgan fingerprint density at radius 3 is 2.77 bits per heavy atom. The Morgan fingerprint density at radius 1 is 1.41 bits per heavy atom. The molecule has 1 aromatic heterocycles. The second kappa shape index (κ2) is 6.63. The Bertz CT molecular complexity index is 536. The molecule has 1 aliphatic heterocycles. The number of amides is 1. The van der Waals surface area contributed by atoms with Crippen LogP contribution < -0.4 is 5.32 Å². The van der Waals surface area contributed by atoms with Crippen LogP contribution in [0.5, 0.6) is 0 Å². The van der Waals surface area contributed by atoms with E-state index in [9.17, 15) is 4.79 Å². The lowest BCUT2D eigenvalue weighted by Gasteiger charge is -2.26. The first-order valence-electron chi connectivity index (χ1n) is 8.15. The van der Waals surface area contributed by atoms with E-state index >= 15 is 0 Å². The van der Waals surface area contributed by atoms with E-state index in [2.05, 4.69) is 43.0 Å². The van der Waals surface area contributed by atoms with E-state index in [1.54, 1.807) is 0 Å². The van der Waals surface area contributed by atoms with Crippen molar-refractivity contribution in [2.75, 3.05) is 18.4 Å². The van der Waals surface area contributed by atoms with Crippen LogP contribution in [0.4, 0.5) is 5.82 Å². The summed E-state index contributed by atoms with van der Waals surface area (Å²) in [6.07, 6.45) is 4.46. The maximum atomic E-state index is 12.2. The molecular weight excluding hydrogens is 276 g/mol. The van der Waals surface area contributed by atoms with Gasteiger partial charge in [0.15, 0.2) is 0 Å². The zero-order valence-electron chi connectivity index (χ0n) is 14.4. The molecule has 1 aliphatic rings. The third kappa shape index (κ3) is 4.42. The highest BCUT2D eigenvalue weighted by molar-refractivity contribution is 5.80. The van der Waals surface area contributed by atoms with E-state index in [1.807, 2.05) is 18.0 Å². The van der Waals surface area contributed by atoms with Gasteiger partial charge in [0, 0.05) is 31.3 Å². The number of hydrogen-bond acceptors (Lipinski definition) is 4. The molecule has 1 saturated heterocycles. The molecule has 0 radical (unpaired) electrons. The number of hydrogen-bond donors (Lipinski definition) is 1. The molecule has 5 heteroatoms. The van der Waals surface area contributed by atoms with Gasteiger partial charge in [0.1, 0.15) is 11.6 Å². The van der Waals surface area contributed by atoms with Crippen LogP contribution in [0.15, 0.2) is 6.20 Å². The summed E-state index contributed by atoms with van der Waals surface area (Å²) in [5.74, 6) is 1.89. The number of nitrogens with one attached hydrogen (secondary N) is 1. The second-order valence-electron chi connectivity index (χ2n) is 7.42. The second-order valence-corrected chi connectivity index (χ2v) is 7.42. The van der Waals surface area contributed by atoms with Crippen LogP contribution in [-0.2, 0) is 11.2 Å². The van der Waals surface area contributed by atoms with Gasteiger partial charge in [0.2, 0.25) is 5.91 Å². The summed E-state index contributed by atoms with van der Waals surface area (Å²) in [6, 6.07) is 0.139. The third-order valence-corrected chi connectivity index (χ3v) is 3.72. The van der Waals surface area contributed by atoms with Crippen molar-refractivity contribution in [1.82, 2.24) is 14.9 Å². The molecule has 5 nitrogen and oxygen atoms in total. The summed E-state index contributed by atoms with van der Waals surface area (Å²) in [5, 5.41) is 3.47. The maximum Gasteiger partial charge on any atom is 0.224 e. The predicted molar refractivity (Wildman–Crippen MR) is 88.8 cm³/mol. The lowest BCUT2D eigenvalue weighted by Crippen LogP contribution is -2.35. The SMILES string of the molecule is CCCc1cnc(C)nc1N[C@H]1CC(=O)N(CC(C)(C)C)C1. The largest absolute Gasteiger partial charge is 0.365 e. The molecule has 1 aromatic rings. The van der Waals surface area contributed by atoms with Gasteiger partial charge in [0.05, 0.1) is 6.04 Å². The number of carbonyl (C=O) groups excluding carboxylic acids is 1. The predicted octanol–water partition coefficient (Wildman–Crippen LogP) is 2.80. The van der Waals surface area contributed by atoms with Gasteiger partial charge in [-0.3, -0.25) is 4.79 Å². The molecule has 1 N–H and O–H groups in total. The molecule has 0 unspecified atom stereocenters. The summed E-state index contributed by atoms with van der Waals surface area (Å²) < 4.78 is 0. The lowest BCUT2D eigenvalue weighted by atomic mass is 9.96. The fraction of sp³-hybridized carbons (Fsp3) is 0.706. The Balaban J connectivity index is 2.06. The first-order valence-corrected chi connectivity index (χ1v) is 8.15. The molecule has 2 heterocycles. The minimum Gasteiger partial charge on any atom is -0.365 e. The highest BCUT2D eigenvalue weighted by Crippen LogP contribution is 2.23. The number of aryl methyl sites for hydroxylation is 2. The Labute approximate surface area is 133 Å². The van der Waals surface area contributed by atoms with Crippen LogP contribution in [-0.4, -0.2) is 39.9 Å². The zero-order valence-corrected chi connectivity index (χ0v) is 14.4. The molecule has 0 aliphatic carbocycles. The number of nitrogens with zero attached hydrogens (tertiary/aromatic N) is 3. The normalized spacial score (nSPS) is 18.9. The molecular formula is C17H28N4O. The standard InChI is InChI=1S/C17H28N4O/c1-6-7-13-9-18-12(2)19-16(13)20-14-8-15(22)21(10-14)11-17(3,4)5/h9,14H,6-8,10-11H2,1-5H3,(H,18,19,20)/t14-/m0/s1. The number of aromatic nitrogens is 2. The van der Waals surface area contributed by atoms with Gasteiger partial charge in [-0.1, -0.05) is 34.1 Å². The molecule has 0 spiro atoms. The summed E-state index contributed by atoms with van der Waals surface area (Å²) in [5.41, 5.74) is 1.26.